The summed E-state index contributed by atoms with van der Waals surface area (Å²) in [6.45, 7) is 3.71. The summed E-state index contributed by atoms with van der Waals surface area (Å²) < 4.78 is 0. The molecule has 0 aromatic rings. The van der Waals surface area contributed by atoms with Crippen LogP contribution in [0.3, 0.4) is 0 Å². The zero-order chi connectivity index (χ0) is 13.1. The van der Waals surface area contributed by atoms with Gasteiger partial charge in [0.1, 0.15) is 18.8 Å². The second kappa shape index (κ2) is 4.82. The van der Waals surface area contributed by atoms with Gasteiger partial charge in [-0.3, -0.25) is 9.69 Å². The van der Waals surface area contributed by atoms with Crippen LogP contribution in [-0.4, -0.2) is 42.1 Å². The summed E-state index contributed by atoms with van der Waals surface area (Å²) >= 11 is 0. The minimum atomic E-state index is -0.575. The fraction of sp³-hybridized carbons (Fsp3) is 0.600. The molecular weight excluding hydrogens is 224 g/mol. The molecular formula is C10H14N4O3. The Balaban J connectivity index is 2.79. The third-order valence-electron chi connectivity index (χ3n) is 2.16. The van der Waals surface area contributed by atoms with Gasteiger partial charge in [-0.2, -0.15) is 5.26 Å². The number of rotatable bonds is 2. The van der Waals surface area contributed by atoms with E-state index in [2.05, 4.69) is 15.1 Å². The summed E-state index contributed by atoms with van der Waals surface area (Å²) in [6, 6.07) is 1.67. The van der Waals surface area contributed by atoms with Crippen molar-refractivity contribution in [2.75, 3.05) is 14.2 Å². The molecule has 7 heteroatoms. The van der Waals surface area contributed by atoms with E-state index in [4.69, 9.17) is 10.1 Å². The minimum absolute atomic E-state index is 0.331. The number of hydrogen-bond acceptors (Lipinski definition) is 6. The van der Waals surface area contributed by atoms with Crippen LogP contribution in [0.15, 0.2) is 10.3 Å². The maximum atomic E-state index is 11.8. The van der Waals surface area contributed by atoms with Crippen LogP contribution in [-0.2, 0) is 14.5 Å². The van der Waals surface area contributed by atoms with Gasteiger partial charge in [0.25, 0.3) is 5.91 Å². The molecule has 0 saturated carbocycles. The molecule has 7 nitrogen and oxygen atoms in total. The van der Waals surface area contributed by atoms with E-state index in [1.807, 2.05) is 13.8 Å². The molecule has 0 saturated heterocycles. The number of oxime groups is 2. The van der Waals surface area contributed by atoms with Gasteiger partial charge in [0.15, 0.2) is 5.84 Å². The monoisotopic (exact) mass is 238 g/mol. The second-order valence-corrected chi connectivity index (χ2v) is 4.13. The smallest absolute Gasteiger partial charge is 0.292 e. The summed E-state index contributed by atoms with van der Waals surface area (Å²) in [5.41, 5.74) is -0.767. The number of amidine groups is 1. The molecule has 1 aliphatic heterocycles. The fourth-order valence-electron chi connectivity index (χ4n) is 1.28. The van der Waals surface area contributed by atoms with Gasteiger partial charge in [0.2, 0.25) is 5.71 Å². The zero-order valence-electron chi connectivity index (χ0n) is 10.2. The Hall–Kier alpha value is -2.10. The molecule has 92 valence electrons. The molecule has 0 bridgehead atoms. The summed E-state index contributed by atoms with van der Waals surface area (Å²) in [5, 5.41) is 15.9. The van der Waals surface area contributed by atoms with E-state index in [1.165, 1.54) is 19.1 Å². The summed E-state index contributed by atoms with van der Waals surface area (Å²) in [7, 11) is 2.78. The van der Waals surface area contributed by atoms with Crippen LogP contribution in [0.5, 0.6) is 0 Å². The van der Waals surface area contributed by atoms with Crippen LogP contribution in [0.4, 0.5) is 0 Å². The van der Waals surface area contributed by atoms with Crippen molar-refractivity contribution in [1.82, 2.24) is 4.90 Å². The molecule has 0 aliphatic carbocycles. The predicted molar refractivity (Wildman–Crippen MR) is 60.0 cm³/mol. The topological polar surface area (TPSA) is 87.3 Å². The molecule has 0 unspecified atom stereocenters. The van der Waals surface area contributed by atoms with Gasteiger partial charge in [0, 0.05) is 7.05 Å². The van der Waals surface area contributed by atoms with Crippen LogP contribution < -0.4 is 0 Å². The van der Waals surface area contributed by atoms with Crippen molar-refractivity contribution >= 4 is 17.5 Å². The average Bonchev–Trinajstić information content (AvgIpc) is 2.64. The lowest BCUT2D eigenvalue weighted by Gasteiger charge is -2.16. The van der Waals surface area contributed by atoms with Gasteiger partial charge >= 0.3 is 0 Å². The third-order valence-corrected chi connectivity index (χ3v) is 2.16. The van der Waals surface area contributed by atoms with Crippen molar-refractivity contribution in [2.24, 2.45) is 10.3 Å². The Morgan fingerprint density at radius 1 is 1.71 bits per heavy atom. The highest BCUT2D eigenvalue weighted by Crippen LogP contribution is 2.23. The van der Waals surface area contributed by atoms with Crippen LogP contribution in [0, 0.1) is 11.3 Å². The van der Waals surface area contributed by atoms with E-state index in [1.54, 1.807) is 6.07 Å². The van der Waals surface area contributed by atoms with Gasteiger partial charge in [-0.1, -0.05) is 10.3 Å². The SMILES string of the molecule is CO/N=C(\C#N)C(=O)N(C)C1=NOC(C)(C)C1. The van der Waals surface area contributed by atoms with Crippen molar-refractivity contribution in [3.63, 3.8) is 0 Å². The van der Waals surface area contributed by atoms with Crippen molar-refractivity contribution < 1.29 is 14.5 Å². The van der Waals surface area contributed by atoms with E-state index in [0.29, 0.717) is 12.3 Å². The molecule has 0 spiro atoms. The first-order valence-electron chi connectivity index (χ1n) is 4.95. The molecule has 0 radical (unpaired) electrons. The molecule has 0 atom stereocenters. The molecule has 0 fully saturated rings. The summed E-state index contributed by atoms with van der Waals surface area (Å²) in [5.74, 6) is -0.117. The number of amides is 1. The van der Waals surface area contributed by atoms with Crippen molar-refractivity contribution in [1.29, 1.82) is 5.26 Å². The Morgan fingerprint density at radius 2 is 2.35 bits per heavy atom. The van der Waals surface area contributed by atoms with Gasteiger partial charge in [-0.05, 0) is 13.8 Å². The maximum Gasteiger partial charge on any atom is 0.292 e. The normalized spacial score (nSPS) is 17.8. The Morgan fingerprint density at radius 3 is 2.76 bits per heavy atom. The number of carbonyl (C=O) groups is 1. The van der Waals surface area contributed by atoms with Crippen molar-refractivity contribution in [2.45, 2.75) is 25.9 Å². The number of nitriles is 1. The molecule has 0 aromatic heterocycles. The third kappa shape index (κ3) is 2.93. The Labute approximate surface area is 99.3 Å². The summed E-state index contributed by atoms with van der Waals surface area (Å²) in [4.78, 5) is 22.6. The average molecular weight is 238 g/mol. The van der Waals surface area contributed by atoms with Crippen LogP contribution >= 0.6 is 0 Å². The van der Waals surface area contributed by atoms with Gasteiger partial charge in [0.05, 0.1) is 6.42 Å². The maximum absolute atomic E-state index is 11.8. The van der Waals surface area contributed by atoms with Gasteiger partial charge < -0.3 is 9.68 Å². The zero-order valence-corrected chi connectivity index (χ0v) is 10.2. The van der Waals surface area contributed by atoms with E-state index >= 15 is 0 Å². The van der Waals surface area contributed by atoms with E-state index < -0.39 is 11.5 Å². The Bertz CT molecular complexity index is 420. The lowest BCUT2D eigenvalue weighted by Crippen LogP contribution is -2.38. The highest BCUT2D eigenvalue weighted by atomic mass is 16.7. The molecule has 1 amide bonds. The largest absolute Gasteiger partial charge is 0.398 e. The first-order chi connectivity index (χ1) is 7.91. The molecule has 0 aromatic carbocycles. The summed E-state index contributed by atoms with van der Waals surface area (Å²) in [6.07, 6.45) is 0.487. The van der Waals surface area contributed by atoms with Gasteiger partial charge in [-0.25, -0.2) is 0 Å². The lowest BCUT2D eigenvalue weighted by molar-refractivity contribution is -0.119. The fourth-order valence-corrected chi connectivity index (χ4v) is 1.28. The molecule has 0 N–H and O–H groups in total. The molecule has 17 heavy (non-hydrogen) atoms. The number of hydrogen-bond donors (Lipinski definition) is 0. The quantitative estimate of drug-likeness (QED) is 0.517. The first kappa shape index (κ1) is 13.0. The Kier molecular flexibility index (Phi) is 3.68. The molecule has 1 aliphatic rings. The van der Waals surface area contributed by atoms with Crippen LogP contribution in [0.1, 0.15) is 20.3 Å². The van der Waals surface area contributed by atoms with E-state index in [-0.39, 0.29) is 5.71 Å². The first-order valence-corrected chi connectivity index (χ1v) is 4.95. The van der Waals surface area contributed by atoms with Crippen LogP contribution in [0.2, 0.25) is 0 Å². The van der Waals surface area contributed by atoms with Crippen molar-refractivity contribution in [3.8, 4) is 6.07 Å². The molecule has 1 heterocycles. The van der Waals surface area contributed by atoms with Gasteiger partial charge in [-0.15, -0.1) is 0 Å². The molecule has 1 rings (SSSR count). The predicted octanol–water partition coefficient (Wildman–Crippen LogP) is 0.483. The minimum Gasteiger partial charge on any atom is -0.398 e. The van der Waals surface area contributed by atoms with E-state index in [9.17, 15) is 4.79 Å². The standard InChI is InChI=1S/C10H14N4O3/c1-10(2)5-8(13-17-10)14(3)9(15)7(6-11)12-16-4/h5H2,1-4H3/b12-7+. The number of nitrogens with zero attached hydrogens (tertiary/aromatic N) is 4. The van der Waals surface area contributed by atoms with E-state index in [0.717, 1.165) is 0 Å². The second-order valence-electron chi connectivity index (χ2n) is 4.13. The van der Waals surface area contributed by atoms with Crippen LogP contribution in [0.25, 0.3) is 0 Å². The van der Waals surface area contributed by atoms with Crippen molar-refractivity contribution in [3.05, 3.63) is 0 Å². The lowest BCUT2D eigenvalue weighted by atomic mass is 10.1. The number of carbonyl (C=O) groups excluding carboxylic acids is 1. The highest BCUT2D eigenvalue weighted by molar-refractivity contribution is 6.46. The highest BCUT2D eigenvalue weighted by Gasteiger charge is 2.33.